The number of anilines is 1. The number of carbonyl (C=O) groups excluding carboxylic acids is 1. The summed E-state index contributed by atoms with van der Waals surface area (Å²) in [6.07, 6.45) is 3.55. The van der Waals surface area contributed by atoms with Crippen molar-refractivity contribution in [3.05, 3.63) is 84.6 Å². The van der Waals surface area contributed by atoms with Gasteiger partial charge in [0.25, 0.3) is 5.91 Å². The fourth-order valence-corrected chi connectivity index (χ4v) is 5.53. The molecule has 0 radical (unpaired) electrons. The van der Waals surface area contributed by atoms with Gasteiger partial charge < -0.3 is 5.32 Å². The Kier molecular flexibility index (Phi) is 5.24. The number of aromatic nitrogens is 2. The number of hydrogen-bond donors (Lipinski definition) is 1. The monoisotopic (exact) mass is 446 g/mol. The van der Waals surface area contributed by atoms with Crippen molar-refractivity contribution < 1.29 is 13.2 Å². The van der Waals surface area contributed by atoms with Crippen molar-refractivity contribution in [2.45, 2.75) is 17.7 Å². The van der Waals surface area contributed by atoms with Crippen LogP contribution in [0.3, 0.4) is 0 Å². The lowest BCUT2D eigenvalue weighted by Gasteiger charge is -2.16. The molecule has 1 saturated heterocycles. The van der Waals surface area contributed by atoms with Crippen LogP contribution in [-0.2, 0) is 10.0 Å². The van der Waals surface area contributed by atoms with Gasteiger partial charge in [-0.05, 0) is 43.2 Å². The number of nitrogens with one attached hydrogen (secondary N) is 1. The van der Waals surface area contributed by atoms with E-state index >= 15 is 0 Å². The number of amides is 1. The summed E-state index contributed by atoms with van der Waals surface area (Å²) in [6.45, 7) is 1.03. The summed E-state index contributed by atoms with van der Waals surface area (Å²) in [5.74, 6) is 0.135. The number of fused-ring (bicyclic) bond motifs is 1. The molecule has 1 fully saturated rings. The van der Waals surface area contributed by atoms with E-state index in [4.69, 9.17) is 0 Å². The molecular weight excluding hydrogens is 424 g/mol. The number of benzene rings is 2. The average molecular weight is 447 g/mol. The fraction of sp³-hybridized carbons (Fsp3) is 0.167. The van der Waals surface area contributed by atoms with E-state index in [0.717, 1.165) is 18.4 Å². The topological polar surface area (TPSA) is 83.8 Å². The van der Waals surface area contributed by atoms with Gasteiger partial charge in [0.2, 0.25) is 10.0 Å². The van der Waals surface area contributed by atoms with Crippen LogP contribution in [0.5, 0.6) is 0 Å². The summed E-state index contributed by atoms with van der Waals surface area (Å²) in [6, 6.07) is 21.4. The number of rotatable bonds is 5. The highest BCUT2D eigenvalue weighted by Crippen LogP contribution is 2.29. The molecule has 32 heavy (non-hydrogen) atoms. The van der Waals surface area contributed by atoms with Gasteiger partial charge >= 0.3 is 0 Å². The summed E-state index contributed by atoms with van der Waals surface area (Å²) < 4.78 is 29.1. The van der Waals surface area contributed by atoms with Crippen molar-refractivity contribution in [2.24, 2.45) is 0 Å². The maximum absolute atomic E-state index is 13.2. The molecule has 4 aromatic rings. The Hall–Kier alpha value is -3.49. The van der Waals surface area contributed by atoms with Crippen molar-refractivity contribution in [1.82, 2.24) is 13.7 Å². The number of pyridine rings is 1. The highest BCUT2D eigenvalue weighted by molar-refractivity contribution is 7.89. The third-order valence-corrected chi connectivity index (χ3v) is 7.50. The SMILES string of the molecule is O=C(Nc1c(-c2ccccc2)nc2ccccn12)c1cccc(S(=O)(=O)N2CCCC2)c1. The Morgan fingerprint density at radius 1 is 0.906 bits per heavy atom. The molecule has 2 aromatic carbocycles. The molecule has 3 heterocycles. The third-order valence-electron chi connectivity index (χ3n) is 5.61. The van der Waals surface area contributed by atoms with E-state index in [1.54, 1.807) is 12.1 Å². The molecule has 0 atom stereocenters. The number of nitrogens with zero attached hydrogens (tertiary/aromatic N) is 3. The van der Waals surface area contributed by atoms with Crippen molar-refractivity contribution >= 4 is 27.4 Å². The van der Waals surface area contributed by atoms with Gasteiger partial charge in [-0.25, -0.2) is 13.4 Å². The second-order valence-corrected chi connectivity index (χ2v) is 9.63. The summed E-state index contributed by atoms with van der Waals surface area (Å²) in [5.41, 5.74) is 2.49. The van der Waals surface area contributed by atoms with Crippen LogP contribution in [0.25, 0.3) is 16.9 Å². The molecule has 0 spiro atoms. The standard InChI is InChI=1S/C24H22N4O3S/c29-24(19-11-8-12-20(17-19)32(30,31)27-14-6-7-15-27)26-23-22(18-9-2-1-3-10-18)25-21-13-4-5-16-28(21)23/h1-5,8-13,16-17H,6-7,14-15H2,(H,26,29). The highest BCUT2D eigenvalue weighted by atomic mass is 32.2. The lowest BCUT2D eigenvalue weighted by Crippen LogP contribution is -2.28. The lowest BCUT2D eigenvalue weighted by atomic mass is 10.1. The maximum Gasteiger partial charge on any atom is 0.256 e. The number of carbonyl (C=O) groups is 1. The Balaban J connectivity index is 1.51. The molecule has 0 bridgehead atoms. The normalized spacial score (nSPS) is 14.6. The summed E-state index contributed by atoms with van der Waals surface area (Å²) in [5, 5.41) is 2.95. The summed E-state index contributed by atoms with van der Waals surface area (Å²) in [4.78, 5) is 18.0. The molecule has 1 aliphatic rings. The molecule has 1 N–H and O–H groups in total. The molecule has 162 valence electrons. The molecule has 8 heteroatoms. The molecule has 5 rings (SSSR count). The molecule has 7 nitrogen and oxygen atoms in total. The minimum absolute atomic E-state index is 0.133. The number of imidazole rings is 1. The zero-order valence-corrected chi connectivity index (χ0v) is 18.1. The lowest BCUT2D eigenvalue weighted by molar-refractivity contribution is 0.102. The Morgan fingerprint density at radius 2 is 1.66 bits per heavy atom. The van der Waals surface area contributed by atoms with Gasteiger partial charge in [0, 0.05) is 30.4 Å². The first-order valence-corrected chi connectivity index (χ1v) is 11.9. The zero-order chi connectivity index (χ0) is 22.1. The van der Waals surface area contributed by atoms with E-state index in [-0.39, 0.29) is 10.5 Å². The van der Waals surface area contributed by atoms with Gasteiger partial charge in [-0.2, -0.15) is 4.31 Å². The Labute approximate surface area is 186 Å². The molecule has 0 aliphatic carbocycles. The minimum Gasteiger partial charge on any atom is -0.306 e. The predicted molar refractivity (Wildman–Crippen MR) is 123 cm³/mol. The van der Waals surface area contributed by atoms with E-state index in [1.165, 1.54) is 16.4 Å². The number of sulfonamides is 1. The van der Waals surface area contributed by atoms with Gasteiger partial charge in [-0.3, -0.25) is 9.20 Å². The van der Waals surface area contributed by atoms with Crippen molar-refractivity contribution in [2.75, 3.05) is 18.4 Å². The molecule has 2 aromatic heterocycles. The first-order chi connectivity index (χ1) is 15.5. The number of hydrogen-bond acceptors (Lipinski definition) is 4. The molecule has 1 amide bonds. The average Bonchev–Trinajstić information content (AvgIpc) is 3.49. The van der Waals surface area contributed by atoms with Gasteiger partial charge in [-0.1, -0.05) is 42.5 Å². The summed E-state index contributed by atoms with van der Waals surface area (Å²) >= 11 is 0. The molecule has 0 unspecified atom stereocenters. The Morgan fingerprint density at radius 3 is 2.44 bits per heavy atom. The molecule has 0 saturated carbocycles. The van der Waals surface area contributed by atoms with Crippen molar-refractivity contribution in [1.29, 1.82) is 0 Å². The third kappa shape index (κ3) is 3.68. The minimum atomic E-state index is -3.61. The van der Waals surface area contributed by atoms with Crippen LogP contribution < -0.4 is 5.32 Å². The zero-order valence-electron chi connectivity index (χ0n) is 17.3. The Bertz CT molecular complexity index is 1390. The summed E-state index contributed by atoms with van der Waals surface area (Å²) in [7, 11) is -3.61. The van der Waals surface area contributed by atoms with Crippen LogP contribution in [0.1, 0.15) is 23.2 Å². The van der Waals surface area contributed by atoms with Gasteiger partial charge in [0.05, 0.1) is 4.90 Å². The largest absolute Gasteiger partial charge is 0.306 e. The smallest absolute Gasteiger partial charge is 0.256 e. The van der Waals surface area contributed by atoms with Crippen LogP contribution in [-0.4, -0.2) is 41.1 Å². The van der Waals surface area contributed by atoms with Crippen molar-refractivity contribution in [3.63, 3.8) is 0 Å². The first-order valence-electron chi connectivity index (χ1n) is 10.5. The van der Waals surface area contributed by atoms with Gasteiger partial charge in [0.15, 0.2) is 0 Å². The second kappa shape index (κ2) is 8.22. The highest BCUT2D eigenvalue weighted by Gasteiger charge is 2.28. The first kappa shape index (κ1) is 20.4. The van der Waals surface area contributed by atoms with E-state index in [9.17, 15) is 13.2 Å². The fourth-order valence-electron chi connectivity index (χ4n) is 3.97. The van der Waals surface area contributed by atoms with E-state index in [1.807, 2.05) is 59.1 Å². The molecular formula is C24H22N4O3S. The van der Waals surface area contributed by atoms with Gasteiger partial charge in [0.1, 0.15) is 17.2 Å². The van der Waals surface area contributed by atoms with Crippen LogP contribution >= 0.6 is 0 Å². The van der Waals surface area contributed by atoms with Crippen molar-refractivity contribution in [3.8, 4) is 11.3 Å². The van der Waals surface area contributed by atoms with E-state index in [2.05, 4.69) is 10.3 Å². The van der Waals surface area contributed by atoms with Crippen LogP contribution in [0.15, 0.2) is 83.9 Å². The maximum atomic E-state index is 13.2. The van der Waals surface area contributed by atoms with E-state index < -0.39 is 15.9 Å². The van der Waals surface area contributed by atoms with Crippen LogP contribution in [0, 0.1) is 0 Å². The molecule has 1 aliphatic heterocycles. The quantitative estimate of drug-likeness (QED) is 0.502. The predicted octanol–water partition coefficient (Wildman–Crippen LogP) is 4.04. The second-order valence-electron chi connectivity index (χ2n) is 7.70. The van der Waals surface area contributed by atoms with Gasteiger partial charge in [-0.15, -0.1) is 0 Å². The van der Waals surface area contributed by atoms with Crippen LogP contribution in [0.4, 0.5) is 5.82 Å². The van der Waals surface area contributed by atoms with E-state index in [0.29, 0.717) is 30.2 Å². The van der Waals surface area contributed by atoms with Crippen LogP contribution in [0.2, 0.25) is 0 Å².